The molecule has 0 radical (unpaired) electrons. The molecule has 0 saturated carbocycles. The minimum absolute atomic E-state index is 0.00949. The van der Waals surface area contributed by atoms with Crippen LogP contribution in [0.3, 0.4) is 0 Å². The second-order valence-electron chi connectivity index (χ2n) is 12.3. The van der Waals surface area contributed by atoms with Gasteiger partial charge >= 0.3 is 0 Å². The van der Waals surface area contributed by atoms with Gasteiger partial charge in [0.05, 0.1) is 27.8 Å². The van der Waals surface area contributed by atoms with Gasteiger partial charge in [-0.1, -0.05) is 19.1 Å². The molecule has 1 unspecified atom stereocenters. The number of sulfonamides is 1. The summed E-state index contributed by atoms with van der Waals surface area (Å²) in [6.45, 7) is 7.51. The Morgan fingerprint density at radius 3 is 2.50 bits per heavy atom. The van der Waals surface area contributed by atoms with Gasteiger partial charge in [-0.15, -0.1) is 11.3 Å². The lowest BCUT2D eigenvalue weighted by molar-refractivity contribution is -0.134. The zero-order valence-corrected chi connectivity index (χ0v) is 26.5. The zero-order chi connectivity index (χ0) is 31.1. The highest BCUT2D eigenvalue weighted by Crippen LogP contribution is 2.43. The monoisotopic (exact) mass is 642 g/mol. The molecule has 3 aliphatic heterocycles. The number of hydrogen-bond donors (Lipinski definition) is 3. The smallest absolute Gasteiger partial charge is 0.236 e. The average Bonchev–Trinajstić information content (AvgIpc) is 3.43. The molecule has 0 bridgehead atoms. The summed E-state index contributed by atoms with van der Waals surface area (Å²) in [6, 6.07) is 6.36. The molecule has 1 atom stereocenters. The summed E-state index contributed by atoms with van der Waals surface area (Å²) in [7, 11) is -4.03. The van der Waals surface area contributed by atoms with Crippen LogP contribution < -0.4 is 16.2 Å². The van der Waals surface area contributed by atoms with E-state index in [1.807, 2.05) is 4.90 Å². The third kappa shape index (κ3) is 6.23. The molecule has 3 aliphatic rings. The summed E-state index contributed by atoms with van der Waals surface area (Å²) in [5.41, 5.74) is 7.40. The van der Waals surface area contributed by atoms with Gasteiger partial charge in [0.15, 0.2) is 0 Å². The minimum atomic E-state index is -4.03. The molecule has 3 aromatic rings. The van der Waals surface area contributed by atoms with Crippen LogP contribution in [0.15, 0.2) is 30.5 Å². The van der Waals surface area contributed by atoms with E-state index in [1.165, 1.54) is 23.6 Å². The van der Waals surface area contributed by atoms with E-state index < -0.39 is 21.1 Å². The fraction of sp³-hybridized carbons (Fsp3) is 0.533. The Balaban J connectivity index is 1.22. The molecule has 6 rings (SSSR count). The number of anilines is 1. The number of aromatic nitrogens is 3. The number of rotatable bonds is 8. The first-order valence-corrected chi connectivity index (χ1v) is 17.6. The second kappa shape index (κ2) is 12.4. The van der Waals surface area contributed by atoms with E-state index in [2.05, 4.69) is 20.2 Å². The maximum absolute atomic E-state index is 16.1. The highest BCUT2D eigenvalue weighted by molar-refractivity contribution is 7.89. The van der Waals surface area contributed by atoms with Crippen LogP contribution in [-0.4, -0.2) is 84.9 Å². The van der Waals surface area contributed by atoms with Crippen LogP contribution in [0.5, 0.6) is 0 Å². The standard InChI is InChI=1S/C30H39FN8O3S2/c1-2-23(44(33,41)42)20-4-3-5-21(25(20)31)26-27(22-6-11-35-29(32)36-22)43-28(37-26)19-7-12-39(13-8-19)24(40)16-38-14-9-30(10-15-38)17-34-18-30/h3-6,11,19,23,34H,2,7-10,12-18H2,1H3,(H2,32,35,36)(H2,33,41,42). The summed E-state index contributed by atoms with van der Waals surface area (Å²) >= 11 is 1.42. The number of nitrogens with zero attached hydrogens (tertiary/aromatic N) is 5. The molecule has 3 saturated heterocycles. The lowest BCUT2D eigenvalue weighted by Gasteiger charge is -2.48. The Labute approximate surface area is 261 Å². The van der Waals surface area contributed by atoms with Crippen LogP contribution in [0.4, 0.5) is 10.3 Å². The van der Waals surface area contributed by atoms with Crippen molar-refractivity contribution in [1.82, 2.24) is 30.1 Å². The number of thiazole rings is 1. The van der Waals surface area contributed by atoms with Gasteiger partial charge in [0.1, 0.15) is 11.1 Å². The highest BCUT2D eigenvalue weighted by atomic mass is 32.2. The van der Waals surface area contributed by atoms with Crippen molar-refractivity contribution in [3.8, 4) is 21.8 Å². The molecule has 1 spiro atoms. The quantitative estimate of drug-likeness (QED) is 0.335. The third-order valence-corrected chi connectivity index (χ3v) is 12.0. The molecule has 5 heterocycles. The van der Waals surface area contributed by atoms with E-state index in [9.17, 15) is 13.2 Å². The Morgan fingerprint density at radius 2 is 1.89 bits per heavy atom. The Kier molecular flexibility index (Phi) is 8.72. The molecule has 44 heavy (non-hydrogen) atoms. The van der Waals surface area contributed by atoms with Crippen molar-refractivity contribution in [2.75, 3.05) is 51.5 Å². The topological polar surface area (TPSA) is 160 Å². The number of nitrogen functional groups attached to an aromatic ring is 1. The van der Waals surface area contributed by atoms with E-state index in [-0.39, 0.29) is 35.3 Å². The van der Waals surface area contributed by atoms with Crippen LogP contribution in [0.2, 0.25) is 0 Å². The van der Waals surface area contributed by atoms with Crippen molar-refractivity contribution in [3.63, 3.8) is 0 Å². The molecule has 236 valence electrons. The SMILES string of the molecule is CCC(c1cccc(-c2nc(C3CCN(C(=O)CN4CCC5(CC4)CNC5)CC3)sc2-c2ccnc(N)n2)c1F)S(N)(=O)=O. The van der Waals surface area contributed by atoms with Crippen LogP contribution in [0, 0.1) is 11.2 Å². The molecular formula is C30H39FN8O3S2. The van der Waals surface area contributed by atoms with Crippen LogP contribution in [-0.2, 0) is 14.8 Å². The number of primary sulfonamides is 1. The lowest BCUT2D eigenvalue weighted by Crippen LogP contribution is -2.59. The van der Waals surface area contributed by atoms with Crippen LogP contribution in [0.25, 0.3) is 21.8 Å². The van der Waals surface area contributed by atoms with Gasteiger partial charge in [-0.3, -0.25) is 9.69 Å². The van der Waals surface area contributed by atoms with Crippen LogP contribution in [0.1, 0.15) is 60.8 Å². The number of benzene rings is 1. The Hall–Kier alpha value is -3.04. The highest BCUT2D eigenvalue weighted by Gasteiger charge is 2.40. The first-order valence-electron chi connectivity index (χ1n) is 15.2. The number of likely N-dealkylation sites (tertiary alicyclic amines) is 2. The van der Waals surface area contributed by atoms with Gasteiger partial charge in [-0.05, 0) is 62.7 Å². The summed E-state index contributed by atoms with van der Waals surface area (Å²) < 4.78 is 40.6. The summed E-state index contributed by atoms with van der Waals surface area (Å²) in [5.74, 6) is -0.345. The van der Waals surface area contributed by atoms with Crippen molar-refractivity contribution < 1.29 is 17.6 Å². The lowest BCUT2D eigenvalue weighted by atomic mass is 9.73. The Morgan fingerprint density at radius 1 is 1.16 bits per heavy atom. The van der Waals surface area contributed by atoms with Gasteiger partial charge < -0.3 is 16.0 Å². The van der Waals surface area contributed by atoms with E-state index >= 15 is 4.39 Å². The van der Waals surface area contributed by atoms with E-state index in [0.717, 1.165) is 56.9 Å². The van der Waals surface area contributed by atoms with Gasteiger partial charge in [0, 0.05) is 49.4 Å². The fourth-order valence-electron chi connectivity index (χ4n) is 6.66. The number of carbonyl (C=O) groups excluding carboxylic acids is 1. The molecule has 3 fully saturated rings. The maximum atomic E-state index is 16.1. The number of nitrogens with two attached hydrogens (primary N) is 2. The van der Waals surface area contributed by atoms with Gasteiger partial charge in [0.2, 0.25) is 21.9 Å². The number of piperidine rings is 2. The number of amides is 1. The number of hydrogen-bond acceptors (Lipinski definition) is 10. The molecule has 2 aromatic heterocycles. The summed E-state index contributed by atoms with van der Waals surface area (Å²) in [5, 5.41) is 8.47. The summed E-state index contributed by atoms with van der Waals surface area (Å²) in [6.07, 6.45) is 5.44. The third-order valence-electron chi connectivity index (χ3n) is 9.42. The van der Waals surface area contributed by atoms with Gasteiger partial charge in [0.25, 0.3) is 0 Å². The molecule has 5 N–H and O–H groups in total. The van der Waals surface area contributed by atoms with E-state index in [0.29, 0.717) is 41.3 Å². The normalized spacial score (nSPS) is 20.0. The van der Waals surface area contributed by atoms with Crippen molar-refractivity contribution in [2.45, 2.75) is 50.2 Å². The Bertz CT molecular complexity index is 1630. The molecule has 14 heteroatoms. The number of carbonyl (C=O) groups is 1. The van der Waals surface area contributed by atoms with Crippen LogP contribution >= 0.6 is 11.3 Å². The van der Waals surface area contributed by atoms with Crippen molar-refractivity contribution >= 4 is 33.2 Å². The van der Waals surface area contributed by atoms with Crippen molar-refractivity contribution in [2.24, 2.45) is 10.6 Å². The first kappa shape index (κ1) is 31.0. The zero-order valence-electron chi connectivity index (χ0n) is 24.8. The fourth-order valence-corrected chi connectivity index (χ4v) is 8.88. The molecule has 1 amide bonds. The molecule has 1 aromatic carbocycles. The predicted molar refractivity (Wildman–Crippen MR) is 169 cm³/mol. The molecule has 0 aliphatic carbocycles. The molecular weight excluding hydrogens is 604 g/mol. The van der Waals surface area contributed by atoms with Gasteiger partial charge in [-0.2, -0.15) is 0 Å². The predicted octanol–water partition coefficient (Wildman–Crippen LogP) is 3.12. The van der Waals surface area contributed by atoms with E-state index in [4.69, 9.17) is 15.9 Å². The second-order valence-corrected chi connectivity index (χ2v) is 15.0. The van der Waals surface area contributed by atoms with E-state index in [1.54, 1.807) is 25.1 Å². The summed E-state index contributed by atoms with van der Waals surface area (Å²) in [4.78, 5) is 31.3. The number of halogens is 1. The first-order chi connectivity index (χ1) is 21.1. The minimum Gasteiger partial charge on any atom is -0.368 e. The molecule has 11 nitrogen and oxygen atoms in total. The van der Waals surface area contributed by atoms with Crippen molar-refractivity contribution in [1.29, 1.82) is 0 Å². The maximum Gasteiger partial charge on any atom is 0.236 e. The average molecular weight is 643 g/mol. The number of nitrogens with one attached hydrogen (secondary N) is 1. The largest absolute Gasteiger partial charge is 0.368 e. The van der Waals surface area contributed by atoms with Crippen molar-refractivity contribution in [3.05, 3.63) is 46.9 Å². The van der Waals surface area contributed by atoms with Gasteiger partial charge in [-0.25, -0.2) is 32.9 Å².